The molecule has 0 bridgehead atoms. The van der Waals surface area contributed by atoms with Crippen LogP contribution in [0.1, 0.15) is 38.3 Å². The Hall–Kier alpha value is -1.42. The number of benzene rings is 1. The molecule has 1 N–H and O–H groups in total. The minimum atomic E-state index is -0.246. The minimum absolute atomic E-state index is 0.0442. The second-order valence-corrected chi connectivity index (χ2v) is 5.20. The Morgan fingerprint density at radius 2 is 2.00 bits per heavy atom. The molecule has 1 amide bonds. The van der Waals surface area contributed by atoms with E-state index >= 15 is 0 Å². The van der Waals surface area contributed by atoms with Gasteiger partial charge in [-0.05, 0) is 44.4 Å². The third-order valence-electron chi connectivity index (χ3n) is 3.64. The molecule has 1 unspecified atom stereocenters. The highest BCUT2D eigenvalue weighted by molar-refractivity contribution is 5.81. The summed E-state index contributed by atoms with van der Waals surface area (Å²) in [5, 5.41) is 3.24. The molecule has 1 aliphatic rings. The summed E-state index contributed by atoms with van der Waals surface area (Å²) in [4.78, 5) is 14.1. The predicted molar refractivity (Wildman–Crippen MR) is 73.2 cm³/mol. The van der Waals surface area contributed by atoms with Gasteiger partial charge in [0.2, 0.25) is 5.91 Å². The average Bonchev–Trinajstić information content (AvgIpc) is 2.91. The zero-order valence-corrected chi connectivity index (χ0v) is 11.5. The van der Waals surface area contributed by atoms with E-state index in [4.69, 9.17) is 0 Å². The van der Waals surface area contributed by atoms with Crippen molar-refractivity contribution in [2.24, 2.45) is 0 Å². The molecule has 0 saturated carbocycles. The number of carbonyl (C=O) groups excluding carboxylic acids is 1. The van der Waals surface area contributed by atoms with Gasteiger partial charge in [0.15, 0.2) is 0 Å². The molecule has 0 aliphatic carbocycles. The first kappa shape index (κ1) is 14.0. The average molecular weight is 264 g/mol. The van der Waals surface area contributed by atoms with E-state index in [0.717, 1.165) is 31.5 Å². The highest BCUT2D eigenvalue weighted by Gasteiger charge is 2.24. The van der Waals surface area contributed by atoms with Gasteiger partial charge < -0.3 is 4.90 Å². The third-order valence-corrected chi connectivity index (χ3v) is 3.64. The van der Waals surface area contributed by atoms with Crippen molar-refractivity contribution in [3.63, 3.8) is 0 Å². The first-order valence-corrected chi connectivity index (χ1v) is 6.88. The quantitative estimate of drug-likeness (QED) is 0.906. The van der Waals surface area contributed by atoms with Crippen molar-refractivity contribution in [3.8, 4) is 0 Å². The largest absolute Gasteiger partial charge is 0.341 e. The van der Waals surface area contributed by atoms with Gasteiger partial charge in [0, 0.05) is 19.1 Å². The van der Waals surface area contributed by atoms with E-state index < -0.39 is 0 Å². The molecule has 4 heteroatoms. The van der Waals surface area contributed by atoms with Crippen LogP contribution >= 0.6 is 0 Å². The Kier molecular flexibility index (Phi) is 4.53. The molecular formula is C15H21FN2O. The second kappa shape index (κ2) is 6.15. The zero-order chi connectivity index (χ0) is 13.8. The molecule has 2 atom stereocenters. The Balaban J connectivity index is 1.94. The van der Waals surface area contributed by atoms with Crippen molar-refractivity contribution < 1.29 is 9.18 Å². The first-order chi connectivity index (χ1) is 9.08. The van der Waals surface area contributed by atoms with E-state index in [1.807, 2.05) is 24.8 Å². The SMILES string of the molecule is CC(N[C@H](C)c1cccc(F)c1)C(=O)N1CCCC1. The predicted octanol–water partition coefficient (Wildman–Crippen LogP) is 2.49. The summed E-state index contributed by atoms with van der Waals surface area (Å²) in [5.41, 5.74) is 0.862. The lowest BCUT2D eigenvalue weighted by Crippen LogP contribution is -2.44. The molecule has 2 rings (SSSR count). The van der Waals surface area contributed by atoms with Crippen molar-refractivity contribution in [1.82, 2.24) is 10.2 Å². The monoisotopic (exact) mass is 264 g/mol. The fourth-order valence-corrected chi connectivity index (χ4v) is 2.53. The maximum Gasteiger partial charge on any atom is 0.239 e. The van der Waals surface area contributed by atoms with Gasteiger partial charge in [0.25, 0.3) is 0 Å². The zero-order valence-electron chi connectivity index (χ0n) is 11.5. The third kappa shape index (κ3) is 3.53. The van der Waals surface area contributed by atoms with Crippen LogP contribution in [0, 0.1) is 5.82 Å². The fraction of sp³-hybridized carbons (Fsp3) is 0.533. The summed E-state index contributed by atoms with van der Waals surface area (Å²) in [7, 11) is 0. The first-order valence-electron chi connectivity index (χ1n) is 6.88. The number of likely N-dealkylation sites (tertiary alicyclic amines) is 1. The second-order valence-electron chi connectivity index (χ2n) is 5.20. The maximum absolute atomic E-state index is 13.2. The number of rotatable bonds is 4. The van der Waals surface area contributed by atoms with E-state index in [2.05, 4.69) is 5.32 Å². The Labute approximate surface area is 113 Å². The van der Waals surface area contributed by atoms with Gasteiger partial charge in [-0.25, -0.2) is 4.39 Å². The molecule has 0 radical (unpaired) electrons. The fourth-order valence-electron chi connectivity index (χ4n) is 2.53. The summed E-state index contributed by atoms with van der Waals surface area (Å²) in [6, 6.07) is 6.21. The van der Waals surface area contributed by atoms with E-state index in [-0.39, 0.29) is 23.8 Å². The van der Waals surface area contributed by atoms with E-state index in [1.165, 1.54) is 12.1 Å². The minimum Gasteiger partial charge on any atom is -0.341 e. The van der Waals surface area contributed by atoms with Gasteiger partial charge in [0.1, 0.15) is 5.82 Å². The smallest absolute Gasteiger partial charge is 0.239 e. The van der Waals surface area contributed by atoms with Crippen molar-refractivity contribution in [2.75, 3.05) is 13.1 Å². The number of amides is 1. The lowest BCUT2D eigenvalue weighted by atomic mass is 10.1. The molecule has 0 aromatic heterocycles. The van der Waals surface area contributed by atoms with Crippen LogP contribution in [0.5, 0.6) is 0 Å². The summed E-state index contributed by atoms with van der Waals surface area (Å²) in [6.07, 6.45) is 2.19. The lowest BCUT2D eigenvalue weighted by molar-refractivity contribution is -0.132. The number of nitrogens with one attached hydrogen (secondary N) is 1. The molecule has 3 nitrogen and oxygen atoms in total. The van der Waals surface area contributed by atoms with E-state index in [9.17, 15) is 9.18 Å². The molecule has 1 aromatic rings. The van der Waals surface area contributed by atoms with Crippen LogP contribution in [-0.4, -0.2) is 29.9 Å². The van der Waals surface area contributed by atoms with Crippen molar-refractivity contribution >= 4 is 5.91 Å². The van der Waals surface area contributed by atoms with Gasteiger partial charge in [-0.1, -0.05) is 12.1 Å². The molecule has 1 saturated heterocycles. The molecule has 1 fully saturated rings. The normalized spacial score (nSPS) is 18.4. The van der Waals surface area contributed by atoms with Gasteiger partial charge in [-0.3, -0.25) is 10.1 Å². The Morgan fingerprint density at radius 3 is 2.63 bits per heavy atom. The van der Waals surface area contributed by atoms with Crippen LogP contribution in [0.15, 0.2) is 24.3 Å². The van der Waals surface area contributed by atoms with Crippen molar-refractivity contribution in [3.05, 3.63) is 35.6 Å². The van der Waals surface area contributed by atoms with Crippen LogP contribution in [0.4, 0.5) is 4.39 Å². The van der Waals surface area contributed by atoms with Crippen LogP contribution < -0.4 is 5.32 Å². The van der Waals surface area contributed by atoms with Crippen LogP contribution in [0.3, 0.4) is 0 Å². The van der Waals surface area contributed by atoms with Crippen molar-refractivity contribution in [1.29, 1.82) is 0 Å². The van der Waals surface area contributed by atoms with Gasteiger partial charge in [-0.2, -0.15) is 0 Å². The number of carbonyl (C=O) groups is 1. The van der Waals surface area contributed by atoms with Gasteiger partial charge >= 0.3 is 0 Å². The molecule has 1 aliphatic heterocycles. The Bertz CT molecular complexity index is 444. The van der Waals surface area contributed by atoms with Crippen LogP contribution in [-0.2, 0) is 4.79 Å². The molecule has 1 heterocycles. The van der Waals surface area contributed by atoms with Gasteiger partial charge in [-0.15, -0.1) is 0 Å². The standard InChI is InChI=1S/C15H21FN2O/c1-11(13-6-5-7-14(16)10-13)17-12(2)15(19)18-8-3-4-9-18/h5-7,10-12,17H,3-4,8-9H2,1-2H3/t11-,12?/m1/s1. The van der Waals surface area contributed by atoms with Crippen molar-refractivity contribution in [2.45, 2.75) is 38.8 Å². The molecular weight excluding hydrogens is 243 g/mol. The maximum atomic E-state index is 13.2. The number of hydrogen-bond acceptors (Lipinski definition) is 2. The summed E-state index contributed by atoms with van der Waals surface area (Å²) in [5.74, 6) is -0.106. The molecule has 0 spiro atoms. The molecule has 104 valence electrons. The van der Waals surface area contributed by atoms with Crippen LogP contribution in [0.25, 0.3) is 0 Å². The summed E-state index contributed by atoms with van der Waals surface area (Å²) in [6.45, 7) is 5.54. The molecule has 19 heavy (non-hydrogen) atoms. The number of hydrogen-bond donors (Lipinski definition) is 1. The molecule has 1 aromatic carbocycles. The van der Waals surface area contributed by atoms with E-state index in [0.29, 0.717) is 0 Å². The van der Waals surface area contributed by atoms with E-state index in [1.54, 1.807) is 6.07 Å². The lowest BCUT2D eigenvalue weighted by Gasteiger charge is -2.24. The highest BCUT2D eigenvalue weighted by Crippen LogP contribution is 2.15. The summed E-state index contributed by atoms with van der Waals surface area (Å²) >= 11 is 0. The Morgan fingerprint density at radius 1 is 1.32 bits per heavy atom. The highest BCUT2D eigenvalue weighted by atomic mass is 19.1. The van der Waals surface area contributed by atoms with Crippen LogP contribution in [0.2, 0.25) is 0 Å². The summed E-state index contributed by atoms with van der Waals surface area (Å²) < 4.78 is 13.2. The van der Waals surface area contributed by atoms with Gasteiger partial charge in [0.05, 0.1) is 6.04 Å². The number of nitrogens with zero attached hydrogens (tertiary/aromatic N) is 1. The topological polar surface area (TPSA) is 32.3 Å². The number of halogens is 1.